The molecule has 0 atom stereocenters. The Morgan fingerprint density at radius 1 is 1.13 bits per heavy atom. The maximum Gasteiger partial charge on any atom is 0.416 e. The van der Waals surface area contributed by atoms with Crippen molar-refractivity contribution in [2.45, 2.75) is 31.0 Å². The van der Waals surface area contributed by atoms with Gasteiger partial charge in [0.25, 0.3) is 0 Å². The average Bonchev–Trinajstić information content (AvgIpc) is 3.12. The Hall–Kier alpha value is -2.74. The zero-order chi connectivity index (χ0) is 21.4. The van der Waals surface area contributed by atoms with Crippen LogP contribution in [0.25, 0.3) is 0 Å². The Morgan fingerprint density at radius 2 is 1.83 bits per heavy atom. The number of urea groups is 1. The number of halogens is 4. The average molecular weight is 438 g/mol. The fourth-order valence-electron chi connectivity index (χ4n) is 3.68. The summed E-state index contributed by atoms with van der Waals surface area (Å²) in [7, 11) is 0. The third-order valence-corrected chi connectivity index (χ3v) is 5.67. The molecule has 0 aliphatic carbocycles. The standard InChI is InChI=1S/C21H19ClF3N3O2/c22-16-6-4-14(5-7-16)18-13-20(30-27-18)8-10-28(11-9-20)19(29)26-17-3-1-2-15(12-17)21(23,24)25/h1-7,12H,8-11,13H2,(H,26,29). The quantitative estimate of drug-likeness (QED) is 0.669. The smallest absolute Gasteiger partial charge is 0.388 e. The minimum atomic E-state index is -4.46. The fraction of sp³-hybridized carbons (Fsp3) is 0.333. The number of hydrogen-bond donors (Lipinski definition) is 1. The number of piperidine rings is 1. The van der Waals surface area contributed by atoms with Crippen molar-refractivity contribution in [2.24, 2.45) is 5.16 Å². The first-order valence-corrected chi connectivity index (χ1v) is 9.86. The molecule has 4 rings (SSSR count). The minimum absolute atomic E-state index is 0.112. The molecule has 1 saturated heterocycles. The minimum Gasteiger partial charge on any atom is -0.388 e. The van der Waals surface area contributed by atoms with Gasteiger partial charge in [0.2, 0.25) is 0 Å². The maximum absolute atomic E-state index is 12.8. The van der Waals surface area contributed by atoms with Crippen LogP contribution in [0.1, 0.15) is 30.4 Å². The molecule has 2 aromatic carbocycles. The topological polar surface area (TPSA) is 53.9 Å². The number of hydrogen-bond acceptors (Lipinski definition) is 3. The Bertz CT molecular complexity index is 968. The molecule has 1 fully saturated rings. The van der Waals surface area contributed by atoms with Crippen LogP contribution >= 0.6 is 11.6 Å². The highest BCUT2D eigenvalue weighted by Crippen LogP contribution is 2.36. The van der Waals surface area contributed by atoms with E-state index in [4.69, 9.17) is 16.4 Å². The summed E-state index contributed by atoms with van der Waals surface area (Å²) in [6.45, 7) is 0.850. The molecule has 2 aliphatic rings. The van der Waals surface area contributed by atoms with Crippen molar-refractivity contribution in [1.29, 1.82) is 0 Å². The molecule has 30 heavy (non-hydrogen) atoms. The monoisotopic (exact) mass is 437 g/mol. The van der Waals surface area contributed by atoms with Gasteiger partial charge in [-0.15, -0.1) is 0 Å². The summed E-state index contributed by atoms with van der Waals surface area (Å²) in [5, 5.41) is 7.43. The summed E-state index contributed by atoms with van der Waals surface area (Å²) in [6, 6.07) is 11.5. The van der Waals surface area contributed by atoms with Crippen LogP contribution in [0.3, 0.4) is 0 Å². The predicted octanol–water partition coefficient (Wildman–Crippen LogP) is 5.55. The van der Waals surface area contributed by atoms with Gasteiger partial charge >= 0.3 is 12.2 Å². The van der Waals surface area contributed by atoms with E-state index in [2.05, 4.69) is 10.5 Å². The zero-order valence-electron chi connectivity index (χ0n) is 15.9. The van der Waals surface area contributed by atoms with Crippen LogP contribution in [0.4, 0.5) is 23.7 Å². The molecule has 2 amide bonds. The van der Waals surface area contributed by atoms with Crippen LogP contribution in [-0.2, 0) is 11.0 Å². The van der Waals surface area contributed by atoms with Gasteiger partial charge in [-0.25, -0.2) is 4.79 Å². The molecule has 2 aliphatic heterocycles. The molecule has 0 aromatic heterocycles. The van der Waals surface area contributed by atoms with Crippen LogP contribution in [0.5, 0.6) is 0 Å². The van der Waals surface area contributed by atoms with Crippen molar-refractivity contribution in [2.75, 3.05) is 18.4 Å². The van der Waals surface area contributed by atoms with E-state index in [1.165, 1.54) is 12.1 Å². The lowest BCUT2D eigenvalue weighted by Crippen LogP contribution is -2.48. The lowest BCUT2D eigenvalue weighted by atomic mass is 9.85. The number of carbonyl (C=O) groups excluding carboxylic acids is 1. The highest BCUT2D eigenvalue weighted by molar-refractivity contribution is 6.30. The van der Waals surface area contributed by atoms with Crippen LogP contribution in [0.15, 0.2) is 53.7 Å². The number of likely N-dealkylation sites (tertiary alicyclic amines) is 1. The van der Waals surface area contributed by atoms with Gasteiger partial charge in [0.05, 0.1) is 11.3 Å². The summed E-state index contributed by atoms with van der Waals surface area (Å²) in [5.41, 5.74) is 0.640. The lowest BCUT2D eigenvalue weighted by Gasteiger charge is -2.37. The van der Waals surface area contributed by atoms with Crippen LogP contribution in [-0.4, -0.2) is 35.3 Å². The number of benzene rings is 2. The number of oxime groups is 1. The third-order valence-electron chi connectivity index (χ3n) is 5.42. The van der Waals surface area contributed by atoms with Crippen molar-refractivity contribution in [3.8, 4) is 0 Å². The molecule has 0 unspecified atom stereocenters. The Labute approximate surface area is 176 Å². The van der Waals surface area contributed by atoms with Gasteiger partial charge in [-0.05, 0) is 35.9 Å². The normalized spacial score (nSPS) is 18.1. The van der Waals surface area contributed by atoms with Gasteiger partial charge in [-0.1, -0.05) is 35.0 Å². The molecule has 158 valence electrons. The largest absolute Gasteiger partial charge is 0.416 e. The van der Waals surface area contributed by atoms with Crippen molar-refractivity contribution in [3.63, 3.8) is 0 Å². The van der Waals surface area contributed by atoms with Gasteiger partial charge in [0, 0.05) is 43.1 Å². The molecular weight excluding hydrogens is 419 g/mol. The van der Waals surface area contributed by atoms with Crippen LogP contribution in [0.2, 0.25) is 5.02 Å². The Balaban J connectivity index is 1.34. The molecule has 9 heteroatoms. The lowest BCUT2D eigenvalue weighted by molar-refractivity contribution is -0.137. The number of rotatable bonds is 2. The summed E-state index contributed by atoms with van der Waals surface area (Å²) in [6.07, 6.45) is -2.65. The highest BCUT2D eigenvalue weighted by atomic mass is 35.5. The van der Waals surface area contributed by atoms with E-state index >= 15 is 0 Å². The summed E-state index contributed by atoms with van der Waals surface area (Å²) < 4.78 is 38.5. The molecular formula is C21H19ClF3N3O2. The molecule has 5 nitrogen and oxygen atoms in total. The number of alkyl halides is 3. The number of nitrogens with zero attached hydrogens (tertiary/aromatic N) is 2. The molecule has 2 heterocycles. The first-order valence-electron chi connectivity index (χ1n) is 9.48. The van der Waals surface area contributed by atoms with E-state index in [-0.39, 0.29) is 5.69 Å². The van der Waals surface area contributed by atoms with E-state index in [1.807, 2.05) is 12.1 Å². The summed E-state index contributed by atoms with van der Waals surface area (Å²) in [5.74, 6) is 0. The Morgan fingerprint density at radius 3 is 2.50 bits per heavy atom. The molecule has 0 radical (unpaired) electrons. The predicted molar refractivity (Wildman–Crippen MR) is 108 cm³/mol. The van der Waals surface area contributed by atoms with Crippen molar-refractivity contribution in [3.05, 3.63) is 64.7 Å². The van der Waals surface area contributed by atoms with Gasteiger partial charge in [-0.3, -0.25) is 0 Å². The zero-order valence-corrected chi connectivity index (χ0v) is 16.6. The number of amides is 2. The second-order valence-corrected chi connectivity index (χ2v) is 7.93. The van der Waals surface area contributed by atoms with Gasteiger partial charge < -0.3 is 15.1 Å². The highest BCUT2D eigenvalue weighted by Gasteiger charge is 2.43. The van der Waals surface area contributed by atoms with Crippen LogP contribution < -0.4 is 5.32 Å². The van der Waals surface area contributed by atoms with Crippen molar-refractivity contribution < 1.29 is 22.8 Å². The first-order chi connectivity index (χ1) is 14.2. The van der Waals surface area contributed by atoms with Crippen LogP contribution in [0, 0.1) is 0 Å². The Kier molecular flexibility index (Phi) is 5.36. The molecule has 1 N–H and O–H groups in total. The van der Waals surface area contributed by atoms with Gasteiger partial charge in [-0.2, -0.15) is 13.2 Å². The second kappa shape index (κ2) is 7.83. The van der Waals surface area contributed by atoms with E-state index in [0.717, 1.165) is 23.4 Å². The number of nitrogens with one attached hydrogen (secondary N) is 1. The summed E-state index contributed by atoms with van der Waals surface area (Å²) >= 11 is 5.92. The van der Waals surface area contributed by atoms with Crippen molar-refractivity contribution in [1.82, 2.24) is 4.90 Å². The molecule has 1 spiro atoms. The van der Waals surface area contributed by atoms with Gasteiger partial charge in [0.15, 0.2) is 0 Å². The van der Waals surface area contributed by atoms with E-state index in [0.29, 0.717) is 37.4 Å². The SMILES string of the molecule is O=C(Nc1cccc(C(F)(F)F)c1)N1CCC2(CC1)CC(c1ccc(Cl)cc1)=NO2. The summed E-state index contributed by atoms with van der Waals surface area (Å²) in [4.78, 5) is 19.8. The maximum atomic E-state index is 12.8. The number of carbonyl (C=O) groups is 1. The van der Waals surface area contributed by atoms with Crippen molar-refractivity contribution >= 4 is 29.0 Å². The van der Waals surface area contributed by atoms with E-state index in [1.54, 1.807) is 17.0 Å². The van der Waals surface area contributed by atoms with E-state index < -0.39 is 23.4 Å². The first kappa shape index (κ1) is 20.5. The van der Waals surface area contributed by atoms with Gasteiger partial charge in [0.1, 0.15) is 5.60 Å². The fourth-order valence-corrected chi connectivity index (χ4v) is 3.81. The third kappa shape index (κ3) is 4.38. The molecule has 2 aromatic rings. The number of anilines is 1. The second-order valence-electron chi connectivity index (χ2n) is 7.49. The molecule has 0 bridgehead atoms. The van der Waals surface area contributed by atoms with E-state index in [9.17, 15) is 18.0 Å². The molecule has 0 saturated carbocycles.